The number of nitrogens with two attached hydrogens (primary N) is 1. The highest BCUT2D eigenvalue weighted by molar-refractivity contribution is 7.89. The van der Waals surface area contributed by atoms with E-state index in [1.165, 1.54) is 0 Å². The van der Waals surface area contributed by atoms with Gasteiger partial charge < -0.3 is 16.0 Å². The Bertz CT molecular complexity index is 507. The minimum absolute atomic E-state index is 0.00346. The number of nitrogens with one attached hydrogen (secondary N) is 2. The van der Waals surface area contributed by atoms with Crippen LogP contribution in [0.5, 0.6) is 0 Å². The van der Waals surface area contributed by atoms with Crippen molar-refractivity contribution in [1.29, 1.82) is 0 Å². The molecular weight excluding hydrogens is 320 g/mol. The smallest absolute Gasteiger partial charge is 0.235 e. The number of piperidine rings is 1. The van der Waals surface area contributed by atoms with Crippen molar-refractivity contribution in [3.05, 3.63) is 0 Å². The van der Waals surface area contributed by atoms with Crippen molar-refractivity contribution in [2.24, 2.45) is 5.73 Å². The Labute approximate surface area is 138 Å². The van der Waals surface area contributed by atoms with Crippen LogP contribution in [0.2, 0.25) is 0 Å². The van der Waals surface area contributed by atoms with Gasteiger partial charge in [-0.3, -0.25) is 9.59 Å². The molecule has 1 saturated heterocycles. The molecule has 2 amide bonds. The van der Waals surface area contributed by atoms with Gasteiger partial charge in [-0.15, -0.1) is 0 Å². The van der Waals surface area contributed by atoms with Gasteiger partial charge in [-0.05, 0) is 33.1 Å². The summed E-state index contributed by atoms with van der Waals surface area (Å²) >= 11 is 0. The van der Waals surface area contributed by atoms with Gasteiger partial charge in [0.25, 0.3) is 0 Å². The molecule has 1 aliphatic heterocycles. The van der Waals surface area contributed by atoms with Crippen molar-refractivity contribution in [3.8, 4) is 0 Å². The summed E-state index contributed by atoms with van der Waals surface area (Å²) in [4.78, 5) is 25.3. The fourth-order valence-corrected chi connectivity index (χ4v) is 3.50. The van der Waals surface area contributed by atoms with Gasteiger partial charge in [0, 0.05) is 31.6 Å². The van der Waals surface area contributed by atoms with E-state index < -0.39 is 15.9 Å². The number of hydrogen-bond acceptors (Lipinski definition) is 5. The number of carbonyl (C=O) groups is 2. The van der Waals surface area contributed by atoms with E-state index in [0.717, 1.165) is 19.3 Å². The average Bonchev–Trinajstić information content (AvgIpc) is 2.50. The van der Waals surface area contributed by atoms with Gasteiger partial charge in [0.2, 0.25) is 21.8 Å². The average molecular weight is 348 g/mol. The Kier molecular flexibility index (Phi) is 7.93. The molecule has 1 atom stereocenters. The molecule has 8 nitrogen and oxygen atoms in total. The Morgan fingerprint density at radius 3 is 2.61 bits per heavy atom. The number of amides is 2. The van der Waals surface area contributed by atoms with Crippen LogP contribution >= 0.6 is 0 Å². The summed E-state index contributed by atoms with van der Waals surface area (Å²) in [5.74, 6) is -0.916. The Morgan fingerprint density at radius 1 is 1.30 bits per heavy atom. The predicted octanol–water partition coefficient (Wildman–Crippen LogP) is -0.840. The lowest BCUT2D eigenvalue weighted by atomic mass is 10.0. The first-order valence-electron chi connectivity index (χ1n) is 8.01. The minimum atomic E-state index is -3.66. The van der Waals surface area contributed by atoms with Crippen LogP contribution in [-0.2, 0) is 19.6 Å². The number of hydrogen-bond donors (Lipinski definition) is 3. The molecule has 1 aliphatic rings. The molecule has 0 spiro atoms. The first-order valence-corrected chi connectivity index (χ1v) is 9.66. The Morgan fingerprint density at radius 2 is 2.00 bits per heavy atom. The fourth-order valence-electron chi connectivity index (χ4n) is 2.56. The molecule has 9 heteroatoms. The highest BCUT2D eigenvalue weighted by atomic mass is 32.2. The summed E-state index contributed by atoms with van der Waals surface area (Å²) in [7, 11) is -3.66. The molecule has 134 valence electrons. The zero-order chi connectivity index (χ0) is 17.5. The van der Waals surface area contributed by atoms with Crippen molar-refractivity contribution >= 4 is 21.8 Å². The van der Waals surface area contributed by atoms with Crippen LogP contribution in [0, 0.1) is 0 Å². The third-order valence-electron chi connectivity index (χ3n) is 3.71. The summed E-state index contributed by atoms with van der Waals surface area (Å²) in [6.45, 7) is 4.29. The SMILES string of the molecule is CC(C)NC(=O)CNS(=O)(=O)CCC(=O)N1CCCCC1CN. The second-order valence-electron chi connectivity index (χ2n) is 6.08. The van der Waals surface area contributed by atoms with E-state index in [1.807, 2.05) is 0 Å². The molecule has 0 aromatic carbocycles. The highest BCUT2D eigenvalue weighted by Gasteiger charge is 2.26. The first-order chi connectivity index (χ1) is 10.7. The molecular formula is C14H28N4O4S. The molecule has 1 heterocycles. The van der Waals surface area contributed by atoms with Crippen molar-refractivity contribution in [3.63, 3.8) is 0 Å². The van der Waals surface area contributed by atoms with Crippen LogP contribution in [0.4, 0.5) is 0 Å². The second kappa shape index (κ2) is 9.19. The van der Waals surface area contributed by atoms with Gasteiger partial charge >= 0.3 is 0 Å². The lowest BCUT2D eigenvalue weighted by Crippen LogP contribution is -2.48. The summed E-state index contributed by atoms with van der Waals surface area (Å²) in [5.41, 5.74) is 5.67. The van der Waals surface area contributed by atoms with Gasteiger partial charge in [-0.25, -0.2) is 13.1 Å². The van der Waals surface area contributed by atoms with Crippen LogP contribution < -0.4 is 15.8 Å². The second-order valence-corrected chi connectivity index (χ2v) is 8.01. The van der Waals surface area contributed by atoms with E-state index in [-0.39, 0.29) is 36.7 Å². The maximum atomic E-state index is 12.2. The Hall–Kier alpha value is -1.19. The minimum Gasteiger partial charge on any atom is -0.353 e. The standard InChI is InChI=1S/C14H28N4O4S/c1-11(2)17-13(19)10-16-23(21,22)8-6-14(20)18-7-4-3-5-12(18)9-15/h11-12,16H,3-10,15H2,1-2H3,(H,17,19). The number of likely N-dealkylation sites (tertiary alicyclic amines) is 1. The van der Waals surface area contributed by atoms with E-state index >= 15 is 0 Å². The number of sulfonamides is 1. The molecule has 0 aliphatic carbocycles. The third-order valence-corrected chi connectivity index (χ3v) is 5.03. The topological polar surface area (TPSA) is 122 Å². The molecule has 4 N–H and O–H groups in total. The van der Waals surface area contributed by atoms with Crippen molar-refractivity contribution in [1.82, 2.24) is 14.9 Å². The molecule has 23 heavy (non-hydrogen) atoms. The normalized spacial score (nSPS) is 19.0. The lowest BCUT2D eigenvalue weighted by molar-refractivity contribution is -0.134. The van der Waals surface area contributed by atoms with E-state index in [4.69, 9.17) is 5.73 Å². The van der Waals surface area contributed by atoms with Gasteiger partial charge in [-0.2, -0.15) is 0 Å². The quantitative estimate of drug-likeness (QED) is 0.528. The number of nitrogens with zero attached hydrogens (tertiary/aromatic N) is 1. The number of rotatable bonds is 8. The van der Waals surface area contributed by atoms with Crippen molar-refractivity contribution in [2.75, 3.05) is 25.4 Å². The van der Waals surface area contributed by atoms with Crippen LogP contribution in [0.1, 0.15) is 39.5 Å². The van der Waals surface area contributed by atoms with Gasteiger partial charge in [-0.1, -0.05) is 0 Å². The third kappa shape index (κ3) is 7.28. The molecule has 0 saturated carbocycles. The number of carbonyl (C=O) groups excluding carboxylic acids is 2. The molecule has 0 aromatic heterocycles. The van der Waals surface area contributed by atoms with Crippen LogP contribution in [-0.4, -0.2) is 62.6 Å². The van der Waals surface area contributed by atoms with Gasteiger partial charge in [0.15, 0.2) is 0 Å². The molecule has 0 bridgehead atoms. The molecule has 1 unspecified atom stereocenters. The summed E-state index contributed by atoms with van der Waals surface area (Å²) < 4.78 is 26.0. The van der Waals surface area contributed by atoms with Crippen molar-refractivity contribution < 1.29 is 18.0 Å². The van der Waals surface area contributed by atoms with E-state index in [1.54, 1.807) is 18.7 Å². The molecule has 0 radical (unpaired) electrons. The summed E-state index contributed by atoms with van der Waals surface area (Å²) in [6.07, 6.45) is 2.72. The monoisotopic (exact) mass is 348 g/mol. The van der Waals surface area contributed by atoms with Crippen LogP contribution in [0.25, 0.3) is 0 Å². The largest absolute Gasteiger partial charge is 0.353 e. The zero-order valence-electron chi connectivity index (χ0n) is 13.9. The lowest BCUT2D eigenvalue weighted by Gasteiger charge is -2.35. The predicted molar refractivity (Wildman–Crippen MR) is 88.1 cm³/mol. The van der Waals surface area contributed by atoms with Crippen LogP contribution in [0.15, 0.2) is 0 Å². The highest BCUT2D eigenvalue weighted by Crippen LogP contribution is 2.17. The molecule has 0 aromatic rings. The fraction of sp³-hybridized carbons (Fsp3) is 0.857. The van der Waals surface area contributed by atoms with E-state index in [0.29, 0.717) is 13.1 Å². The van der Waals surface area contributed by atoms with E-state index in [2.05, 4.69) is 10.0 Å². The maximum Gasteiger partial charge on any atom is 0.235 e. The van der Waals surface area contributed by atoms with Gasteiger partial charge in [0.1, 0.15) is 0 Å². The van der Waals surface area contributed by atoms with Crippen molar-refractivity contribution in [2.45, 2.75) is 51.6 Å². The van der Waals surface area contributed by atoms with Gasteiger partial charge in [0.05, 0.1) is 12.3 Å². The summed E-state index contributed by atoms with van der Waals surface area (Å²) in [6, 6.07) is -0.0513. The zero-order valence-corrected chi connectivity index (χ0v) is 14.7. The molecule has 1 rings (SSSR count). The first kappa shape index (κ1) is 19.9. The summed E-state index contributed by atoms with van der Waals surface area (Å²) in [5, 5.41) is 2.59. The van der Waals surface area contributed by atoms with E-state index in [9.17, 15) is 18.0 Å². The molecule has 1 fully saturated rings. The Balaban J connectivity index is 2.42. The van der Waals surface area contributed by atoms with Crippen LogP contribution in [0.3, 0.4) is 0 Å². The maximum absolute atomic E-state index is 12.2.